The summed E-state index contributed by atoms with van der Waals surface area (Å²) in [5, 5.41) is 15.9. The molecule has 4 aromatic rings. The number of anilines is 2. The lowest BCUT2D eigenvalue weighted by Crippen LogP contribution is -2.05. The van der Waals surface area contributed by atoms with Crippen LogP contribution < -0.4 is 19.5 Å². The molecule has 4 rings (SSSR count). The van der Waals surface area contributed by atoms with E-state index in [0.29, 0.717) is 28.5 Å². The molecule has 162 valence electrons. The Balaban J connectivity index is 1.77. The molecule has 10 nitrogen and oxygen atoms in total. The summed E-state index contributed by atoms with van der Waals surface area (Å²) < 4.78 is 16.3. The van der Waals surface area contributed by atoms with Crippen LogP contribution in [0.15, 0.2) is 55.0 Å². The van der Waals surface area contributed by atoms with Crippen LogP contribution in [0.25, 0.3) is 10.9 Å². The Morgan fingerprint density at radius 3 is 2.53 bits per heavy atom. The van der Waals surface area contributed by atoms with Crippen molar-refractivity contribution in [3.63, 3.8) is 0 Å². The fourth-order valence-electron chi connectivity index (χ4n) is 3.04. The molecule has 2 aromatic carbocycles. The molecular weight excluding hydrogens is 438 g/mol. The highest BCUT2D eigenvalue weighted by atomic mass is 35.5. The lowest BCUT2D eigenvalue weighted by atomic mass is 10.2. The maximum Gasteiger partial charge on any atom is 0.373 e. The molecule has 0 aliphatic heterocycles. The summed E-state index contributed by atoms with van der Waals surface area (Å²) in [6, 6.07) is 12.0. The lowest BCUT2D eigenvalue weighted by molar-refractivity contribution is -0.385. The van der Waals surface area contributed by atoms with Gasteiger partial charge in [0.15, 0.2) is 5.75 Å². The van der Waals surface area contributed by atoms with Crippen molar-refractivity contribution in [1.82, 2.24) is 15.0 Å². The SMILES string of the molecule is COc1cc(OC)c(Nc2ncnc(Oc3cccc4cccnc34)c2[N+](=O)[O-])cc1Cl. The quantitative estimate of drug-likeness (QED) is 0.299. The maximum atomic E-state index is 11.9. The van der Waals surface area contributed by atoms with Gasteiger partial charge in [0.05, 0.1) is 29.9 Å². The van der Waals surface area contributed by atoms with Crippen LogP contribution in [0.3, 0.4) is 0 Å². The Hall–Kier alpha value is -4.18. The van der Waals surface area contributed by atoms with Gasteiger partial charge in [-0.15, -0.1) is 0 Å². The molecule has 0 saturated heterocycles. The van der Waals surface area contributed by atoms with E-state index in [2.05, 4.69) is 20.3 Å². The van der Waals surface area contributed by atoms with Gasteiger partial charge in [0.2, 0.25) is 5.82 Å². The number of benzene rings is 2. The van der Waals surface area contributed by atoms with Crippen molar-refractivity contribution in [3.05, 3.63) is 70.1 Å². The molecule has 0 aliphatic rings. The number of hydrogen-bond acceptors (Lipinski definition) is 9. The minimum atomic E-state index is -0.631. The zero-order chi connectivity index (χ0) is 22.7. The van der Waals surface area contributed by atoms with Gasteiger partial charge in [-0.2, -0.15) is 4.98 Å². The van der Waals surface area contributed by atoms with Crippen LogP contribution in [0.1, 0.15) is 0 Å². The van der Waals surface area contributed by atoms with E-state index >= 15 is 0 Å². The van der Waals surface area contributed by atoms with Gasteiger partial charge in [-0.25, -0.2) is 4.98 Å². The van der Waals surface area contributed by atoms with Crippen LogP contribution in [0.5, 0.6) is 23.1 Å². The molecule has 0 atom stereocenters. The largest absolute Gasteiger partial charge is 0.495 e. The molecule has 32 heavy (non-hydrogen) atoms. The van der Waals surface area contributed by atoms with Gasteiger partial charge < -0.3 is 19.5 Å². The first kappa shape index (κ1) is 21.1. The number of pyridine rings is 1. The molecule has 0 amide bonds. The topological polar surface area (TPSA) is 122 Å². The zero-order valence-corrected chi connectivity index (χ0v) is 17.7. The van der Waals surface area contributed by atoms with E-state index in [1.807, 2.05) is 12.1 Å². The average molecular weight is 454 g/mol. The second-order valence-electron chi connectivity index (χ2n) is 6.38. The first-order chi connectivity index (χ1) is 15.5. The monoisotopic (exact) mass is 453 g/mol. The minimum Gasteiger partial charge on any atom is -0.495 e. The van der Waals surface area contributed by atoms with Crippen LogP contribution in [0.2, 0.25) is 5.02 Å². The Bertz CT molecular complexity index is 1310. The molecule has 0 bridgehead atoms. The second-order valence-corrected chi connectivity index (χ2v) is 6.79. The first-order valence-electron chi connectivity index (χ1n) is 9.21. The van der Waals surface area contributed by atoms with Crippen molar-refractivity contribution in [2.24, 2.45) is 0 Å². The van der Waals surface area contributed by atoms with Crippen molar-refractivity contribution < 1.29 is 19.1 Å². The summed E-state index contributed by atoms with van der Waals surface area (Å²) in [4.78, 5) is 23.6. The van der Waals surface area contributed by atoms with Crippen LogP contribution in [0.4, 0.5) is 17.2 Å². The summed E-state index contributed by atoms with van der Waals surface area (Å²) in [6.07, 6.45) is 2.76. The molecule has 0 aliphatic carbocycles. The van der Waals surface area contributed by atoms with Gasteiger partial charge in [0.1, 0.15) is 23.3 Å². The van der Waals surface area contributed by atoms with Gasteiger partial charge >= 0.3 is 11.6 Å². The number of nitro groups is 1. The first-order valence-corrected chi connectivity index (χ1v) is 9.59. The summed E-state index contributed by atoms with van der Waals surface area (Å²) in [6.45, 7) is 0. The molecule has 0 radical (unpaired) electrons. The highest BCUT2D eigenvalue weighted by molar-refractivity contribution is 6.32. The van der Waals surface area contributed by atoms with Crippen molar-refractivity contribution in [2.45, 2.75) is 0 Å². The van der Waals surface area contributed by atoms with Crippen LogP contribution >= 0.6 is 11.6 Å². The third kappa shape index (κ3) is 4.03. The second kappa shape index (κ2) is 8.90. The Morgan fingerprint density at radius 2 is 1.78 bits per heavy atom. The molecule has 0 saturated carbocycles. The molecule has 2 aromatic heterocycles. The third-order valence-corrected chi connectivity index (χ3v) is 4.80. The normalized spacial score (nSPS) is 10.6. The van der Waals surface area contributed by atoms with E-state index in [1.165, 1.54) is 20.3 Å². The van der Waals surface area contributed by atoms with Crippen molar-refractivity contribution in [3.8, 4) is 23.1 Å². The molecule has 2 heterocycles. The number of ether oxygens (including phenoxy) is 3. The number of fused-ring (bicyclic) bond motifs is 1. The molecule has 0 unspecified atom stereocenters. The van der Waals surface area contributed by atoms with Crippen LogP contribution in [-0.2, 0) is 0 Å². The van der Waals surface area contributed by atoms with Crippen LogP contribution in [-0.4, -0.2) is 34.1 Å². The van der Waals surface area contributed by atoms with Gasteiger partial charge in [0, 0.05) is 17.6 Å². The summed E-state index contributed by atoms with van der Waals surface area (Å²) in [5.41, 5.74) is 0.424. The number of methoxy groups -OCH3 is 2. The predicted molar refractivity (Wildman–Crippen MR) is 118 cm³/mol. The molecule has 11 heteroatoms. The molecular formula is C21H16ClN5O5. The van der Waals surface area contributed by atoms with Crippen LogP contribution in [0, 0.1) is 10.1 Å². The van der Waals surface area contributed by atoms with E-state index in [0.717, 1.165) is 11.7 Å². The van der Waals surface area contributed by atoms with E-state index in [9.17, 15) is 10.1 Å². The average Bonchev–Trinajstić information content (AvgIpc) is 2.79. The fraction of sp³-hybridized carbons (Fsp3) is 0.0952. The van der Waals surface area contributed by atoms with E-state index in [1.54, 1.807) is 30.5 Å². The van der Waals surface area contributed by atoms with E-state index in [4.69, 9.17) is 25.8 Å². The fourth-order valence-corrected chi connectivity index (χ4v) is 3.28. The number of rotatable bonds is 7. The summed E-state index contributed by atoms with van der Waals surface area (Å²) in [7, 11) is 2.92. The number of nitrogens with one attached hydrogen (secondary N) is 1. The number of aromatic nitrogens is 3. The predicted octanol–water partition coefficient (Wildman–Crippen LogP) is 5.14. The van der Waals surface area contributed by atoms with Gasteiger partial charge in [-0.05, 0) is 18.2 Å². The Morgan fingerprint density at radius 1 is 1.00 bits per heavy atom. The standard InChI is InChI=1S/C21H16ClN5O5/c1-30-16-10-17(31-2)14(9-13(16)22)26-20-19(27(28)29)21(25-11-24-20)32-15-7-3-5-12-6-4-8-23-18(12)15/h3-11H,1-2H3,(H,24,25,26). The summed E-state index contributed by atoms with van der Waals surface area (Å²) >= 11 is 6.20. The number of halogens is 1. The summed E-state index contributed by atoms with van der Waals surface area (Å²) in [5.74, 6) is 0.705. The smallest absolute Gasteiger partial charge is 0.373 e. The van der Waals surface area contributed by atoms with Crippen molar-refractivity contribution in [2.75, 3.05) is 19.5 Å². The lowest BCUT2D eigenvalue weighted by Gasteiger charge is -2.14. The highest BCUT2D eigenvalue weighted by Crippen LogP contribution is 2.41. The van der Waals surface area contributed by atoms with Gasteiger partial charge in [0.25, 0.3) is 0 Å². The Labute approximate surface area is 186 Å². The van der Waals surface area contributed by atoms with Crippen molar-refractivity contribution in [1.29, 1.82) is 0 Å². The number of para-hydroxylation sites is 1. The van der Waals surface area contributed by atoms with Gasteiger partial charge in [-0.1, -0.05) is 29.8 Å². The zero-order valence-electron chi connectivity index (χ0n) is 16.9. The Kier molecular flexibility index (Phi) is 5.86. The molecule has 0 spiro atoms. The van der Waals surface area contributed by atoms with E-state index in [-0.39, 0.29) is 16.7 Å². The van der Waals surface area contributed by atoms with Gasteiger partial charge in [-0.3, -0.25) is 15.1 Å². The van der Waals surface area contributed by atoms with Crippen molar-refractivity contribution >= 4 is 39.7 Å². The molecule has 0 fully saturated rings. The number of hydrogen-bond donors (Lipinski definition) is 1. The highest BCUT2D eigenvalue weighted by Gasteiger charge is 2.27. The number of nitrogens with zero attached hydrogens (tertiary/aromatic N) is 4. The molecule has 1 N–H and O–H groups in total. The van der Waals surface area contributed by atoms with E-state index < -0.39 is 10.6 Å². The third-order valence-electron chi connectivity index (χ3n) is 4.50. The maximum absolute atomic E-state index is 11.9. The minimum absolute atomic E-state index is 0.104.